The summed E-state index contributed by atoms with van der Waals surface area (Å²) in [7, 11) is 0. The SMILES string of the molecule is C[C@@H]1CCc2c(sc(NC(=O)c3cc4n(n3)[C@H](C(F)(F)F)C[C@H](c3ccc(Cl)cc3)N4)c2C#N)C1. The molecule has 182 valence electrons. The smallest absolute Gasteiger partial charge is 0.363 e. The van der Waals surface area contributed by atoms with Gasteiger partial charge in [-0.25, -0.2) is 4.68 Å². The molecule has 1 aliphatic carbocycles. The van der Waals surface area contributed by atoms with Crippen molar-refractivity contribution in [3.63, 3.8) is 0 Å². The van der Waals surface area contributed by atoms with E-state index in [1.165, 1.54) is 17.4 Å². The van der Waals surface area contributed by atoms with E-state index in [2.05, 4.69) is 28.7 Å². The van der Waals surface area contributed by atoms with E-state index >= 15 is 0 Å². The van der Waals surface area contributed by atoms with E-state index in [0.29, 0.717) is 27.1 Å². The number of hydrogen-bond acceptors (Lipinski definition) is 5. The first-order chi connectivity index (χ1) is 16.6. The molecular formula is C24H21ClF3N5OS. The summed E-state index contributed by atoms with van der Waals surface area (Å²) in [6.07, 6.45) is -2.26. The largest absolute Gasteiger partial charge is 0.410 e. The summed E-state index contributed by atoms with van der Waals surface area (Å²) in [5.74, 6) is -0.0561. The number of anilines is 2. The third-order valence-electron chi connectivity index (χ3n) is 6.55. The predicted octanol–water partition coefficient (Wildman–Crippen LogP) is 6.51. The highest BCUT2D eigenvalue weighted by Gasteiger charge is 2.47. The van der Waals surface area contributed by atoms with Crippen LogP contribution in [0.2, 0.25) is 5.02 Å². The number of thiophene rings is 1. The van der Waals surface area contributed by atoms with Crippen molar-refractivity contribution in [1.82, 2.24) is 9.78 Å². The van der Waals surface area contributed by atoms with Gasteiger partial charge in [0.2, 0.25) is 0 Å². The van der Waals surface area contributed by atoms with E-state index in [9.17, 15) is 23.2 Å². The number of nitrogens with one attached hydrogen (secondary N) is 2. The normalized spacial score (nSPS) is 21.4. The van der Waals surface area contributed by atoms with Gasteiger partial charge in [-0.1, -0.05) is 30.7 Å². The van der Waals surface area contributed by atoms with E-state index in [1.54, 1.807) is 24.3 Å². The van der Waals surface area contributed by atoms with E-state index in [0.717, 1.165) is 34.4 Å². The molecule has 5 rings (SSSR count). The van der Waals surface area contributed by atoms with Crippen molar-refractivity contribution in [2.45, 2.75) is 50.9 Å². The van der Waals surface area contributed by atoms with E-state index < -0.39 is 24.2 Å². The Kier molecular flexibility index (Phi) is 6.01. The standard InChI is InChI=1S/C24H21ClF3N5OS/c1-12-2-7-15-16(11-29)23(35-19(15)8-12)31-22(34)18-10-21-30-17(13-3-5-14(25)6-4-13)9-20(24(26,27)28)33(21)32-18/h3-6,10,12,17,20,30H,2,7-9H2,1H3,(H,31,34)/t12-,17-,20+/m1/s1. The number of fused-ring (bicyclic) bond motifs is 2. The van der Waals surface area contributed by atoms with Gasteiger partial charge in [0.25, 0.3) is 5.91 Å². The molecule has 0 unspecified atom stereocenters. The molecule has 2 aromatic heterocycles. The van der Waals surface area contributed by atoms with E-state index in [-0.39, 0.29) is 17.9 Å². The molecule has 0 spiro atoms. The Hall–Kier alpha value is -3.03. The van der Waals surface area contributed by atoms with E-state index in [1.807, 2.05) is 0 Å². The molecule has 11 heteroatoms. The highest BCUT2D eigenvalue weighted by atomic mass is 35.5. The number of hydrogen-bond donors (Lipinski definition) is 2. The van der Waals surface area contributed by atoms with Gasteiger partial charge in [0.15, 0.2) is 11.7 Å². The molecule has 6 nitrogen and oxygen atoms in total. The Morgan fingerprint density at radius 3 is 2.77 bits per heavy atom. The molecule has 0 saturated carbocycles. The van der Waals surface area contributed by atoms with Crippen LogP contribution in [-0.2, 0) is 12.8 Å². The topological polar surface area (TPSA) is 82.7 Å². The van der Waals surface area contributed by atoms with Crippen LogP contribution in [0.4, 0.5) is 24.0 Å². The van der Waals surface area contributed by atoms with Crippen LogP contribution >= 0.6 is 22.9 Å². The highest BCUT2D eigenvalue weighted by Crippen LogP contribution is 2.44. The predicted molar refractivity (Wildman–Crippen MR) is 128 cm³/mol. The quantitative estimate of drug-likeness (QED) is 0.413. The van der Waals surface area contributed by atoms with Crippen molar-refractivity contribution in [2.24, 2.45) is 5.92 Å². The second kappa shape index (κ2) is 8.88. The van der Waals surface area contributed by atoms with Crippen molar-refractivity contribution in [1.29, 1.82) is 5.26 Å². The molecule has 3 heterocycles. The van der Waals surface area contributed by atoms with Gasteiger partial charge in [-0.05, 0) is 48.4 Å². The molecular weight excluding hydrogens is 499 g/mol. The molecule has 0 bridgehead atoms. The van der Waals surface area contributed by atoms with Crippen molar-refractivity contribution in [3.8, 4) is 6.07 Å². The maximum absolute atomic E-state index is 13.9. The molecule has 3 atom stereocenters. The fourth-order valence-electron chi connectivity index (χ4n) is 4.72. The Morgan fingerprint density at radius 2 is 2.09 bits per heavy atom. The summed E-state index contributed by atoms with van der Waals surface area (Å²) in [5.41, 5.74) is 1.89. The van der Waals surface area contributed by atoms with Crippen LogP contribution in [-0.4, -0.2) is 21.9 Å². The fraction of sp³-hybridized carbons (Fsp3) is 0.375. The highest BCUT2D eigenvalue weighted by molar-refractivity contribution is 7.16. The van der Waals surface area contributed by atoms with Gasteiger partial charge in [-0.3, -0.25) is 4.79 Å². The maximum atomic E-state index is 13.9. The number of nitriles is 1. The number of aromatic nitrogens is 2. The first-order valence-corrected chi connectivity index (χ1v) is 12.4. The molecule has 35 heavy (non-hydrogen) atoms. The zero-order valence-electron chi connectivity index (χ0n) is 18.6. The van der Waals surface area contributed by atoms with Crippen molar-refractivity contribution < 1.29 is 18.0 Å². The third kappa shape index (κ3) is 4.50. The van der Waals surface area contributed by atoms with Gasteiger partial charge in [0, 0.05) is 22.4 Å². The van der Waals surface area contributed by atoms with Crippen LogP contribution in [0.3, 0.4) is 0 Å². The monoisotopic (exact) mass is 519 g/mol. The second-order valence-corrected chi connectivity index (χ2v) is 10.6. The average Bonchev–Trinajstić information content (AvgIpc) is 3.38. The van der Waals surface area contributed by atoms with Crippen LogP contribution in [0.25, 0.3) is 0 Å². The minimum absolute atomic E-state index is 0.100. The summed E-state index contributed by atoms with van der Waals surface area (Å²) in [4.78, 5) is 14.1. The molecule has 1 amide bonds. The van der Waals surface area contributed by atoms with Gasteiger partial charge in [0.05, 0.1) is 11.6 Å². The first-order valence-electron chi connectivity index (χ1n) is 11.2. The molecule has 2 N–H and O–H groups in total. The van der Waals surface area contributed by atoms with Crippen molar-refractivity contribution in [2.75, 3.05) is 10.6 Å². The van der Waals surface area contributed by atoms with Crippen LogP contribution < -0.4 is 10.6 Å². The van der Waals surface area contributed by atoms with Crippen molar-refractivity contribution in [3.05, 3.63) is 62.6 Å². The first kappa shape index (κ1) is 23.7. The number of alkyl halides is 3. The zero-order valence-corrected chi connectivity index (χ0v) is 20.2. The molecule has 3 aromatic rings. The fourth-order valence-corrected chi connectivity index (χ4v) is 6.20. The summed E-state index contributed by atoms with van der Waals surface area (Å²) >= 11 is 7.28. The van der Waals surface area contributed by atoms with Crippen LogP contribution in [0, 0.1) is 17.2 Å². The van der Waals surface area contributed by atoms with Gasteiger partial charge < -0.3 is 10.6 Å². The number of carbonyl (C=O) groups excluding carboxylic acids is 1. The van der Waals surface area contributed by atoms with E-state index in [4.69, 9.17) is 11.6 Å². The summed E-state index contributed by atoms with van der Waals surface area (Å²) in [6.45, 7) is 2.14. The molecule has 0 fully saturated rings. The summed E-state index contributed by atoms with van der Waals surface area (Å²) < 4.78 is 42.7. The third-order valence-corrected chi connectivity index (χ3v) is 7.97. The number of halogens is 4. The maximum Gasteiger partial charge on any atom is 0.410 e. The molecule has 1 aromatic carbocycles. The second-order valence-electron chi connectivity index (χ2n) is 9.02. The Balaban J connectivity index is 1.44. The minimum atomic E-state index is -4.56. The van der Waals surface area contributed by atoms with Crippen molar-refractivity contribution >= 4 is 39.7 Å². The zero-order chi connectivity index (χ0) is 24.9. The molecule has 0 radical (unpaired) electrons. The lowest BCUT2D eigenvalue weighted by Crippen LogP contribution is -2.35. The Labute approximate surface area is 208 Å². The Morgan fingerprint density at radius 1 is 1.34 bits per heavy atom. The van der Waals surface area contributed by atoms with Gasteiger partial charge in [-0.15, -0.1) is 11.3 Å². The average molecular weight is 520 g/mol. The lowest BCUT2D eigenvalue weighted by atomic mass is 9.89. The molecule has 1 aliphatic heterocycles. The van der Waals surface area contributed by atoms with Crippen LogP contribution in [0.1, 0.15) is 63.9 Å². The van der Waals surface area contributed by atoms with Crippen LogP contribution in [0.5, 0.6) is 0 Å². The van der Waals surface area contributed by atoms with Gasteiger partial charge in [0.1, 0.15) is 16.9 Å². The molecule has 2 aliphatic rings. The minimum Gasteiger partial charge on any atom is -0.363 e. The van der Waals surface area contributed by atoms with Gasteiger partial charge in [-0.2, -0.15) is 23.5 Å². The number of benzene rings is 1. The van der Waals surface area contributed by atoms with Gasteiger partial charge >= 0.3 is 6.18 Å². The molecule has 0 saturated heterocycles. The number of nitrogens with zero attached hydrogens (tertiary/aromatic N) is 3. The number of amides is 1. The summed E-state index contributed by atoms with van der Waals surface area (Å²) in [6, 6.07) is 7.57. The lowest BCUT2D eigenvalue weighted by Gasteiger charge is -2.33. The van der Waals surface area contributed by atoms with Crippen LogP contribution in [0.15, 0.2) is 30.3 Å². The Bertz CT molecular complexity index is 1320. The number of carbonyl (C=O) groups is 1. The lowest BCUT2D eigenvalue weighted by molar-refractivity contribution is -0.173. The number of rotatable bonds is 3. The summed E-state index contributed by atoms with van der Waals surface area (Å²) in [5, 5.41) is 20.4.